The fraction of sp³-hybridized carbons (Fsp3) is 0.417. The molecule has 0 aliphatic carbocycles. The standard InChI is InChI=1S/C12H16O5.HIS90.K/c1-4-11(16)10(5-6-17-7-13)12(8(2)14)9(3)15;1-63(4,5)65(8,9)67(12,13)69(16,17)71(20,21)73(24,25)75(28,29)77(32,33)79(36,37)81(40,41)83(44,45)85(48,49)87(52,53)89(56,57)91(60,61)90(58,59)88(54,55)86(50,51)84(46,47)82(42,43)80(38,39)78(34,35)76(30,31)74(26,27)72(22,23)70(18,19)68(14,15)66(10,11)64(6,7)62(2)3;/h5,7,14H,4,6H2,1-3H3;(H,2,3);/q;;+1/p-1/b10-5-,12-8+;;. The van der Waals surface area contributed by atoms with E-state index < -0.39 is 163 Å². The Bertz CT molecular complexity index is 7820. The van der Waals surface area contributed by atoms with Crippen molar-refractivity contribution in [3.05, 3.63) is 23.0 Å². The summed E-state index contributed by atoms with van der Waals surface area (Å²) in [5.41, 5.74) is 0.0493. The summed E-state index contributed by atoms with van der Waals surface area (Å²) >= 11 is 364. The van der Waals surface area contributed by atoms with Crippen molar-refractivity contribution < 1.29 is 75.6 Å². The Morgan fingerprint density at radius 3 is 0.587 bits per heavy atom. The zero-order valence-corrected chi connectivity index (χ0v) is 127. The number of ether oxygens (including phenoxy) is 1. The maximum absolute atomic E-state index is 11.6. The molecule has 5 nitrogen and oxygen atoms in total. The van der Waals surface area contributed by atoms with E-state index in [1.807, 2.05) is 0 Å². The molecule has 0 saturated heterocycles. The minimum Gasteiger partial charge on any atom is -0.700 e. The minimum absolute atomic E-state index is 0. The summed E-state index contributed by atoms with van der Waals surface area (Å²) < 4.78 is 1.69. The van der Waals surface area contributed by atoms with Gasteiger partial charge in [-0.15, -0.1) is 0 Å². The van der Waals surface area contributed by atoms with Gasteiger partial charge in [0.25, 0.3) is 6.47 Å². The van der Waals surface area contributed by atoms with Gasteiger partial charge in [-0.2, -0.15) is 7.52 Å². The third-order valence-electron chi connectivity index (χ3n) is 9.22. The van der Waals surface area contributed by atoms with Gasteiger partial charge in [0, 0.05) is 182 Å². The monoisotopic (exact) mass is 3280 g/mol. The first-order valence-corrected chi connectivity index (χ1v) is 142. The number of aliphatic hydroxyl groups is 1. The van der Waals surface area contributed by atoms with Crippen molar-refractivity contribution in [2.45, 2.75) is 27.2 Å². The molecule has 0 fully saturated rings. The number of carbonyl (C=O) groups is 3. The number of aliphatic hydroxyl groups excluding tert-OH is 1. The van der Waals surface area contributed by atoms with E-state index in [0.29, 0.717) is 0 Å². The predicted molar refractivity (Wildman–Crippen MR) is 738 cm³/mol. The Hall–Kier alpha value is 24.3. The van der Waals surface area contributed by atoms with Crippen LogP contribution in [-0.4, -0.2) is 29.8 Å². The number of halogens is 1. The van der Waals surface area contributed by atoms with E-state index in [1.54, 1.807) is 28.1 Å². The van der Waals surface area contributed by atoms with Crippen LogP contribution in [0, 0.1) is 0 Å². The van der Waals surface area contributed by atoms with E-state index >= 15 is 0 Å². The van der Waals surface area contributed by atoms with Gasteiger partial charge < -0.3 is 21.5 Å². The van der Waals surface area contributed by atoms with Crippen molar-refractivity contribution in [1.29, 1.82) is 0 Å². The van der Waals surface area contributed by atoms with Crippen LogP contribution in [0.5, 0.6) is 0 Å². The smallest absolute Gasteiger partial charge is 0.700 e. The largest absolute Gasteiger partial charge is 1.00 e. The first-order valence-electron chi connectivity index (χ1n) is 20.1. The second kappa shape index (κ2) is 46.6. The zero-order chi connectivity index (χ0) is 89.5. The summed E-state index contributed by atoms with van der Waals surface area (Å²) in [6, 6.07) is 0. The topological polar surface area (TPSA) is 80.7 Å². The van der Waals surface area contributed by atoms with Crippen LogP contribution in [0.3, 0.4) is 0 Å². The van der Waals surface area contributed by atoms with Crippen LogP contribution in [0.1, 0.15) is 27.2 Å². The zero-order valence-electron chi connectivity index (χ0n) is 48.3. The van der Waals surface area contributed by atoms with Crippen LogP contribution in [-0.2, 0) is 848 Å². The van der Waals surface area contributed by atoms with Gasteiger partial charge >= 0.3 is 51.4 Å². The third-order valence-corrected chi connectivity index (χ3v) is 590. The van der Waals surface area contributed by atoms with Crippen LogP contribution in [0.2, 0.25) is 0 Å². The van der Waals surface area contributed by atoms with Gasteiger partial charge in [-0.05, 0) is 669 Å². The van der Waals surface area contributed by atoms with E-state index in [0.717, 1.165) is 0 Å². The Morgan fingerprint density at radius 2 is 0.477 bits per heavy atom. The van der Waals surface area contributed by atoms with Gasteiger partial charge in [-0.1, -0.05) is 18.1 Å². The molecule has 0 heterocycles. The quantitative estimate of drug-likeness (QED) is 0.00810. The molecule has 642 valence electrons. The second-order valence-electron chi connectivity index (χ2n) is 15.4. The fourth-order valence-electron chi connectivity index (χ4n) is 4.18. The van der Waals surface area contributed by atoms with E-state index in [1.165, 1.54) is 19.9 Å². The van der Waals surface area contributed by atoms with Crippen LogP contribution in [0.4, 0.5) is 0 Å². The Morgan fingerprint density at radius 1 is 0.330 bits per heavy atom. The van der Waals surface area contributed by atoms with Gasteiger partial charge in [-0.25, -0.2) is 0 Å². The Labute approximate surface area is 970 Å². The molecule has 0 saturated carbocycles. The second-order valence-corrected chi connectivity index (χ2v) is 334. The van der Waals surface area contributed by atoms with Crippen LogP contribution in [0.15, 0.2) is 23.0 Å². The molecule has 1 atom stereocenters. The molecule has 0 aromatic carbocycles. The summed E-state index contributed by atoms with van der Waals surface area (Å²) in [5.74, 6) is -0.932. The minimum atomic E-state index is -4.16. The average Bonchev–Trinajstić information content (AvgIpc) is 0.679. The molecule has 0 bridgehead atoms. The molecule has 0 aliphatic rings. The first kappa shape index (κ1) is 137. The van der Waals surface area contributed by atoms with Crippen molar-refractivity contribution in [3.63, 3.8) is 0 Å². The Balaban J connectivity index is -0.00000548. The molecular weight excluding hydrogens is 3280 g/mol. The number of rotatable bonds is 36. The summed E-state index contributed by atoms with van der Waals surface area (Å²) in [7, 11) is -1.59. The maximum Gasteiger partial charge on any atom is 1.00 e. The number of Topliss-reactive ketones (excluding diaryl/α,β-unsaturated/α-hetero) is 2. The fourth-order valence-corrected chi connectivity index (χ4v) is 696. The normalized spacial score (nSPS) is 16.4. The average molecular weight is 3290 g/mol. The molecule has 1 N–H and O–H groups in total. The van der Waals surface area contributed by atoms with Crippen LogP contribution in [0.25, 0.3) is 0 Å². The molecule has 0 rings (SSSR count). The Kier molecular flexibility index (Phi) is 58.7. The van der Waals surface area contributed by atoms with Gasteiger partial charge in [0.15, 0.2) is 11.6 Å². The molecular formula is C12H16IKO5S90. The molecule has 0 spiro atoms. The van der Waals surface area contributed by atoms with Crippen molar-refractivity contribution in [2.24, 2.45) is 0 Å². The summed E-state index contributed by atoms with van der Waals surface area (Å²) in [5, 5.41) is -100. The van der Waals surface area contributed by atoms with Crippen molar-refractivity contribution in [1.82, 2.24) is 0 Å². The van der Waals surface area contributed by atoms with E-state index in [4.69, 9.17) is 672 Å². The molecule has 0 aliphatic heterocycles. The van der Waals surface area contributed by atoms with Crippen molar-refractivity contribution in [2.75, 3.05) is 6.61 Å². The molecule has 0 aromatic heterocycles. The summed E-state index contributed by atoms with van der Waals surface area (Å²) in [6.07, 6.45) is 1.51. The van der Waals surface area contributed by atoms with Gasteiger partial charge in [0.2, 0.25) is 0 Å². The molecule has 0 amide bonds. The summed E-state index contributed by atoms with van der Waals surface area (Å²) in [4.78, 5) is 33.0. The van der Waals surface area contributed by atoms with Crippen molar-refractivity contribution >= 4 is 868 Å². The van der Waals surface area contributed by atoms with E-state index in [9.17, 15) is 19.5 Å². The van der Waals surface area contributed by atoms with E-state index in [2.05, 4.69) is 4.74 Å². The number of allylic oxidation sites excluding steroid dienone is 3. The van der Waals surface area contributed by atoms with Crippen LogP contribution >= 0.6 is 21.2 Å². The van der Waals surface area contributed by atoms with Gasteiger partial charge in [0.1, 0.15) is 12.4 Å². The SMILES string of the molecule is CCC(=O)C(=C/COC=O)/C(C(C)=O)=C(\C)O.S=S([S-])S(=S)(=S)S(=S)(=S)S(=S)(=S)S(=S)(=S)S(=S)(=S)S(=S)(=S)S(=S)(=S)S(=S)(=S)S(=S)(=S)S(=S)(=S)S(=S)(=S)S(=S)(=S)S(=S)(=S)S(=S)(=S)S(=S)(=S)S(=S)(=S)S(=S)(=S)S(=S)(=S)S(=S)(=S)S(=S)(=S)S(=S)(=S)S(=S)(=S)S(=S)(=S)S(=S)(=S)S(=S)(=S)S(=S)(=S)S(=S)(=S)S(=S)(=S)S(=S)(=S)I.[K+]. The van der Waals surface area contributed by atoms with E-state index in [-0.39, 0.29) is 93.6 Å². The molecule has 97 heteroatoms. The van der Waals surface area contributed by atoms with Crippen LogP contribution < -0.4 is 51.4 Å². The third kappa shape index (κ3) is 24.1. The van der Waals surface area contributed by atoms with Crippen molar-refractivity contribution in [3.8, 4) is 0 Å². The predicted octanol–water partition coefficient (Wildman–Crippen LogP) is -0.840. The molecule has 1 unspecified atom stereocenters. The molecule has 0 radical (unpaired) electrons. The number of hydrogen-bond donors (Lipinski definition) is 1. The number of ketones is 2. The maximum atomic E-state index is 11.6. The molecule has 109 heavy (non-hydrogen) atoms. The molecule has 0 aromatic rings. The number of hydrogen-bond acceptors (Lipinski definition) is 65. The summed E-state index contributed by atoms with van der Waals surface area (Å²) in [6.45, 7) is 4.35. The number of carbonyl (C=O) groups excluding carboxylic acids is 3. The van der Waals surface area contributed by atoms with Gasteiger partial charge in [-0.3, -0.25) is 14.4 Å². The van der Waals surface area contributed by atoms with Gasteiger partial charge in [0.05, 0.1) is 5.57 Å². The first-order chi connectivity index (χ1) is 45.9.